The second-order valence-electron chi connectivity index (χ2n) is 5.63. The molecule has 1 aromatic carbocycles. The fraction of sp³-hybridized carbons (Fsp3) is 0.438. The molecule has 1 aliphatic rings. The number of halogens is 3. The van der Waals surface area contributed by atoms with Gasteiger partial charge in [-0.3, -0.25) is 4.90 Å². The van der Waals surface area contributed by atoms with E-state index in [9.17, 15) is 13.2 Å². The van der Waals surface area contributed by atoms with Crippen molar-refractivity contribution in [1.29, 1.82) is 0 Å². The smallest absolute Gasteiger partial charge is 0.374 e. The van der Waals surface area contributed by atoms with Gasteiger partial charge >= 0.3 is 6.18 Å². The quantitative estimate of drug-likeness (QED) is 0.889. The third-order valence-electron chi connectivity index (χ3n) is 3.75. The minimum absolute atomic E-state index is 0.0688. The Kier molecular flexibility index (Phi) is 5.37. The van der Waals surface area contributed by atoms with Crippen molar-refractivity contribution in [3.8, 4) is 0 Å². The number of thiazole rings is 1. The summed E-state index contributed by atoms with van der Waals surface area (Å²) in [6, 6.07) is 10.2. The highest BCUT2D eigenvalue weighted by atomic mass is 32.1. The molecule has 1 atom stereocenters. The number of nitrogens with one attached hydrogen (secondary N) is 1. The summed E-state index contributed by atoms with van der Waals surface area (Å²) in [5.74, 6) is 0. The number of hydrogen-bond acceptors (Lipinski definition) is 5. The number of morpholine rings is 1. The molecule has 0 saturated carbocycles. The van der Waals surface area contributed by atoms with E-state index >= 15 is 0 Å². The molecule has 2 heterocycles. The minimum Gasteiger partial charge on any atom is -0.374 e. The molecule has 8 heteroatoms. The lowest BCUT2D eigenvalue weighted by Crippen LogP contribution is -2.44. The Morgan fingerprint density at radius 2 is 2.08 bits per heavy atom. The Bertz CT molecular complexity index is 648. The van der Waals surface area contributed by atoms with Crippen molar-refractivity contribution in [1.82, 2.24) is 9.88 Å². The van der Waals surface area contributed by atoms with Gasteiger partial charge < -0.3 is 10.1 Å². The van der Waals surface area contributed by atoms with E-state index in [4.69, 9.17) is 4.74 Å². The van der Waals surface area contributed by atoms with Crippen molar-refractivity contribution in [3.63, 3.8) is 0 Å². The minimum atomic E-state index is -4.40. The number of rotatable bonds is 5. The molecule has 0 spiro atoms. The summed E-state index contributed by atoms with van der Waals surface area (Å²) in [4.78, 5) is 5.85. The van der Waals surface area contributed by atoms with Gasteiger partial charge in [-0.05, 0) is 5.56 Å². The molecule has 1 aliphatic heterocycles. The first-order valence-electron chi connectivity index (χ1n) is 7.65. The third kappa shape index (κ3) is 4.68. The number of aromatic nitrogens is 1. The topological polar surface area (TPSA) is 37.4 Å². The van der Waals surface area contributed by atoms with E-state index in [1.165, 1.54) is 5.56 Å². The summed E-state index contributed by atoms with van der Waals surface area (Å²) in [5.41, 5.74) is 0.381. The standard InChI is InChI=1S/C16H18F3N3OS/c17-16(18,19)14-11-24-15(21-14)20-8-13-10-22(6-7-23-13)9-12-4-2-1-3-5-12/h1-5,11,13H,6-10H2,(H,20,21). The molecule has 3 rings (SSSR count). The van der Waals surface area contributed by atoms with Crippen LogP contribution >= 0.6 is 11.3 Å². The summed E-state index contributed by atoms with van der Waals surface area (Å²) in [7, 11) is 0. The predicted octanol–water partition coefficient (Wildman–Crippen LogP) is 3.47. The van der Waals surface area contributed by atoms with Crippen LogP contribution in [-0.2, 0) is 17.5 Å². The van der Waals surface area contributed by atoms with Crippen molar-refractivity contribution in [2.75, 3.05) is 31.6 Å². The Labute approximate surface area is 142 Å². The first-order valence-corrected chi connectivity index (χ1v) is 8.53. The SMILES string of the molecule is FC(F)(F)c1csc(NCC2CN(Cc3ccccc3)CCO2)n1. The first kappa shape index (κ1) is 17.2. The second-order valence-corrected chi connectivity index (χ2v) is 6.49. The van der Waals surface area contributed by atoms with Crippen LogP contribution in [0.4, 0.5) is 18.3 Å². The maximum absolute atomic E-state index is 12.5. The van der Waals surface area contributed by atoms with Gasteiger partial charge in [0.1, 0.15) is 0 Å². The van der Waals surface area contributed by atoms with Gasteiger partial charge in [0.2, 0.25) is 0 Å². The molecule has 1 fully saturated rings. The zero-order valence-electron chi connectivity index (χ0n) is 12.9. The van der Waals surface area contributed by atoms with Gasteiger partial charge in [0, 0.05) is 31.6 Å². The van der Waals surface area contributed by atoms with Crippen LogP contribution in [0.2, 0.25) is 0 Å². The molecule has 1 unspecified atom stereocenters. The van der Waals surface area contributed by atoms with Gasteiger partial charge in [0.05, 0.1) is 12.7 Å². The highest BCUT2D eigenvalue weighted by Gasteiger charge is 2.33. The van der Waals surface area contributed by atoms with Crippen LogP contribution in [0.25, 0.3) is 0 Å². The highest BCUT2D eigenvalue weighted by Crippen LogP contribution is 2.31. The Balaban J connectivity index is 1.49. The maximum Gasteiger partial charge on any atom is 0.434 e. The zero-order chi connectivity index (χ0) is 17.0. The van der Waals surface area contributed by atoms with Gasteiger partial charge in [-0.2, -0.15) is 13.2 Å². The average molecular weight is 357 g/mol. The molecule has 0 aliphatic carbocycles. The van der Waals surface area contributed by atoms with E-state index in [0.29, 0.717) is 13.2 Å². The fourth-order valence-corrected chi connectivity index (χ4v) is 3.30. The lowest BCUT2D eigenvalue weighted by atomic mass is 10.2. The second kappa shape index (κ2) is 7.50. The van der Waals surface area contributed by atoms with Crippen LogP contribution in [0.5, 0.6) is 0 Å². The van der Waals surface area contributed by atoms with E-state index in [0.717, 1.165) is 36.4 Å². The van der Waals surface area contributed by atoms with Crippen LogP contribution in [0, 0.1) is 0 Å². The van der Waals surface area contributed by atoms with Crippen molar-refractivity contribution in [2.24, 2.45) is 0 Å². The zero-order valence-corrected chi connectivity index (χ0v) is 13.7. The third-order valence-corrected chi connectivity index (χ3v) is 4.55. The van der Waals surface area contributed by atoms with E-state index in [2.05, 4.69) is 27.3 Å². The van der Waals surface area contributed by atoms with E-state index in [1.54, 1.807) is 0 Å². The molecular weight excluding hydrogens is 339 g/mol. The lowest BCUT2D eigenvalue weighted by Gasteiger charge is -2.33. The molecule has 4 nitrogen and oxygen atoms in total. The summed E-state index contributed by atoms with van der Waals surface area (Å²) >= 11 is 0.957. The Morgan fingerprint density at radius 1 is 1.29 bits per heavy atom. The number of ether oxygens (including phenoxy) is 1. The van der Waals surface area contributed by atoms with Gasteiger partial charge in [-0.25, -0.2) is 4.98 Å². The van der Waals surface area contributed by atoms with Crippen molar-refractivity contribution in [3.05, 3.63) is 47.0 Å². The molecule has 1 aromatic heterocycles. The Hall–Kier alpha value is -1.64. The summed E-state index contributed by atoms with van der Waals surface area (Å²) in [5, 5.41) is 4.24. The number of alkyl halides is 3. The maximum atomic E-state index is 12.5. The van der Waals surface area contributed by atoms with E-state index in [1.807, 2.05) is 18.2 Å². The number of nitrogens with zero attached hydrogens (tertiary/aromatic N) is 2. The van der Waals surface area contributed by atoms with E-state index in [-0.39, 0.29) is 11.2 Å². The summed E-state index contributed by atoms with van der Waals surface area (Å²) < 4.78 is 43.3. The molecule has 0 amide bonds. The van der Waals surface area contributed by atoms with Gasteiger partial charge in [0.25, 0.3) is 0 Å². The van der Waals surface area contributed by atoms with Gasteiger partial charge in [-0.1, -0.05) is 30.3 Å². The molecule has 1 N–H and O–H groups in total. The van der Waals surface area contributed by atoms with Crippen molar-refractivity contribution in [2.45, 2.75) is 18.8 Å². The van der Waals surface area contributed by atoms with E-state index < -0.39 is 11.9 Å². The average Bonchev–Trinajstić information content (AvgIpc) is 3.04. The number of hydrogen-bond donors (Lipinski definition) is 1. The van der Waals surface area contributed by atoms with Crippen LogP contribution < -0.4 is 5.32 Å². The molecule has 24 heavy (non-hydrogen) atoms. The van der Waals surface area contributed by atoms with Crippen LogP contribution in [0.15, 0.2) is 35.7 Å². The number of anilines is 1. The summed E-state index contributed by atoms with van der Waals surface area (Å²) in [6.07, 6.45) is -4.47. The molecular formula is C16H18F3N3OS. The van der Waals surface area contributed by atoms with Crippen molar-refractivity contribution < 1.29 is 17.9 Å². The Morgan fingerprint density at radius 3 is 2.79 bits per heavy atom. The fourth-order valence-electron chi connectivity index (χ4n) is 2.58. The van der Waals surface area contributed by atoms with Gasteiger partial charge in [-0.15, -0.1) is 11.3 Å². The van der Waals surface area contributed by atoms with Crippen LogP contribution in [-0.4, -0.2) is 42.2 Å². The highest BCUT2D eigenvalue weighted by molar-refractivity contribution is 7.13. The van der Waals surface area contributed by atoms with Crippen LogP contribution in [0.1, 0.15) is 11.3 Å². The lowest BCUT2D eigenvalue weighted by molar-refractivity contribution is -0.140. The summed E-state index contributed by atoms with van der Waals surface area (Å²) in [6.45, 7) is 3.48. The van der Waals surface area contributed by atoms with Gasteiger partial charge in [0.15, 0.2) is 10.8 Å². The predicted molar refractivity (Wildman–Crippen MR) is 87.1 cm³/mol. The monoisotopic (exact) mass is 357 g/mol. The first-order chi connectivity index (χ1) is 11.5. The number of benzene rings is 1. The molecule has 1 saturated heterocycles. The largest absolute Gasteiger partial charge is 0.434 e. The van der Waals surface area contributed by atoms with Crippen LogP contribution in [0.3, 0.4) is 0 Å². The molecule has 130 valence electrons. The molecule has 0 bridgehead atoms. The molecule has 2 aromatic rings. The molecule has 0 radical (unpaired) electrons. The van der Waals surface area contributed by atoms with Crippen molar-refractivity contribution >= 4 is 16.5 Å². The normalized spacial score (nSPS) is 19.4.